The topological polar surface area (TPSA) is 46.3 Å². The third-order valence-corrected chi connectivity index (χ3v) is 6.90. The van der Waals surface area contributed by atoms with Crippen LogP contribution in [0.5, 0.6) is 0 Å². The highest BCUT2D eigenvalue weighted by molar-refractivity contribution is 7.10. The number of carbonyl (C=O) groups is 1. The Morgan fingerprint density at radius 1 is 1.27 bits per heavy atom. The number of fused-ring (bicyclic) bond motifs is 3. The fourth-order valence-corrected chi connectivity index (χ4v) is 5.58. The first-order valence-corrected chi connectivity index (χ1v) is 9.20. The molecule has 3 aliphatic rings. The summed E-state index contributed by atoms with van der Waals surface area (Å²) >= 11 is 1.83. The molecule has 2 heterocycles. The molecular weight excluding hydrogens is 316 g/mol. The Morgan fingerprint density at radius 3 is 2.73 bits per heavy atom. The number of rotatable bonds is 1. The van der Waals surface area contributed by atoms with E-state index in [9.17, 15) is 4.79 Å². The van der Waals surface area contributed by atoms with Crippen molar-refractivity contribution in [3.05, 3.63) is 21.9 Å². The van der Waals surface area contributed by atoms with E-state index in [2.05, 4.69) is 16.3 Å². The van der Waals surface area contributed by atoms with Crippen molar-refractivity contribution in [3.8, 4) is 0 Å². The number of carbonyl (C=O) groups excluding carboxylic acids is 1. The average molecular weight is 341 g/mol. The first-order valence-electron chi connectivity index (χ1n) is 8.32. The zero-order valence-corrected chi connectivity index (χ0v) is 14.5. The lowest BCUT2D eigenvalue weighted by Crippen LogP contribution is -2.50. The number of nitrogens with two attached hydrogens (primary N) is 1. The lowest BCUT2D eigenvalue weighted by atomic mass is 9.65. The van der Waals surface area contributed by atoms with Crippen LogP contribution in [0, 0.1) is 17.8 Å². The van der Waals surface area contributed by atoms with Gasteiger partial charge in [0.15, 0.2) is 0 Å². The lowest BCUT2D eigenvalue weighted by Gasteiger charge is -2.44. The normalized spacial score (nSPS) is 33.8. The van der Waals surface area contributed by atoms with E-state index in [0.29, 0.717) is 23.8 Å². The number of thiophene rings is 1. The molecule has 0 saturated heterocycles. The molecule has 2 unspecified atom stereocenters. The van der Waals surface area contributed by atoms with Crippen LogP contribution in [-0.2, 0) is 17.8 Å². The molecule has 0 radical (unpaired) electrons. The second-order valence-electron chi connectivity index (χ2n) is 7.08. The van der Waals surface area contributed by atoms with Crippen LogP contribution in [0.25, 0.3) is 0 Å². The second-order valence-corrected chi connectivity index (χ2v) is 8.08. The molecule has 0 spiro atoms. The first kappa shape index (κ1) is 16.3. The molecule has 3 nitrogen and oxygen atoms in total. The zero-order chi connectivity index (χ0) is 14.4. The van der Waals surface area contributed by atoms with Crippen molar-refractivity contribution in [1.29, 1.82) is 0 Å². The molecule has 2 N–H and O–H groups in total. The van der Waals surface area contributed by atoms with Crippen LogP contribution in [0.1, 0.15) is 42.5 Å². The van der Waals surface area contributed by atoms with Crippen molar-refractivity contribution < 1.29 is 4.79 Å². The predicted molar refractivity (Wildman–Crippen MR) is 92.2 cm³/mol. The molecule has 0 aromatic carbocycles. The maximum absolute atomic E-state index is 12.9. The van der Waals surface area contributed by atoms with E-state index in [0.717, 1.165) is 32.4 Å². The molecule has 1 amide bonds. The standard InChI is InChI=1S/C17H24N2OS.ClH/c18-16-11-2-1-3-12(16)9-14(8-11)17(20)19-6-4-15-13(10-19)5-7-21-15;/h5,7,11-12,14,16H,1-4,6,8-10,18H2;1H. The highest BCUT2D eigenvalue weighted by atomic mass is 35.5. The zero-order valence-electron chi connectivity index (χ0n) is 12.9. The summed E-state index contributed by atoms with van der Waals surface area (Å²) in [7, 11) is 0. The summed E-state index contributed by atoms with van der Waals surface area (Å²) < 4.78 is 0. The van der Waals surface area contributed by atoms with Gasteiger partial charge in [-0.25, -0.2) is 0 Å². The van der Waals surface area contributed by atoms with Crippen LogP contribution in [0.4, 0.5) is 0 Å². The minimum atomic E-state index is 0. The molecular formula is C17H25ClN2OS. The molecule has 1 aromatic rings. The van der Waals surface area contributed by atoms with Gasteiger partial charge in [0.25, 0.3) is 0 Å². The number of amides is 1. The minimum Gasteiger partial charge on any atom is -0.338 e. The molecule has 1 aromatic heterocycles. The SMILES string of the molecule is Cl.NC1C2CCCC1CC(C(=O)N1CCc3sccc3C1)C2. The van der Waals surface area contributed by atoms with Crippen LogP contribution in [0.2, 0.25) is 0 Å². The number of hydrogen-bond donors (Lipinski definition) is 1. The van der Waals surface area contributed by atoms with Gasteiger partial charge in [-0.05, 0) is 60.9 Å². The van der Waals surface area contributed by atoms with Gasteiger partial charge in [-0.15, -0.1) is 23.7 Å². The van der Waals surface area contributed by atoms with Crippen molar-refractivity contribution >= 4 is 29.7 Å². The van der Waals surface area contributed by atoms with E-state index < -0.39 is 0 Å². The Kier molecular flexibility index (Phi) is 4.81. The van der Waals surface area contributed by atoms with Crippen molar-refractivity contribution in [2.75, 3.05) is 6.54 Å². The average Bonchev–Trinajstić information content (AvgIpc) is 2.93. The summed E-state index contributed by atoms with van der Waals surface area (Å²) in [6.45, 7) is 1.74. The summed E-state index contributed by atoms with van der Waals surface area (Å²) in [6.07, 6.45) is 6.88. The Bertz CT molecular complexity index is 533. The van der Waals surface area contributed by atoms with Gasteiger partial charge in [-0.3, -0.25) is 4.79 Å². The molecule has 2 aliphatic carbocycles. The van der Waals surface area contributed by atoms with Crippen molar-refractivity contribution in [1.82, 2.24) is 4.90 Å². The van der Waals surface area contributed by atoms with Crippen LogP contribution in [0.3, 0.4) is 0 Å². The quantitative estimate of drug-likeness (QED) is 0.853. The van der Waals surface area contributed by atoms with Gasteiger partial charge in [0, 0.05) is 29.9 Å². The van der Waals surface area contributed by atoms with Crippen molar-refractivity contribution in [2.24, 2.45) is 23.5 Å². The van der Waals surface area contributed by atoms with Gasteiger partial charge in [0.1, 0.15) is 0 Å². The van der Waals surface area contributed by atoms with E-state index >= 15 is 0 Å². The van der Waals surface area contributed by atoms with E-state index in [4.69, 9.17) is 5.73 Å². The molecule has 1 aliphatic heterocycles. The summed E-state index contributed by atoms with van der Waals surface area (Å²) in [5.74, 6) is 1.82. The van der Waals surface area contributed by atoms with Gasteiger partial charge in [0.05, 0.1) is 0 Å². The molecule has 4 rings (SSSR count). The van der Waals surface area contributed by atoms with Gasteiger partial charge < -0.3 is 10.6 Å². The number of hydrogen-bond acceptors (Lipinski definition) is 3. The Hall–Kier alpha value is -0.580. The lowest BCUT2D eigenvalue weighted by molar-refractivity contribution is -0.139. The predicted octanol–water partition coefficient (Wildman–Crippen LogP) is 3.21. The summed E-state index contributed by atoms with van der Waals surface area (Å²) in [4.78, 5) is 16.5. The van der Waals surface area contributed by atoms with E-state index in [1.165, 1.54) is 29.7 Å². The largest absolute Gasteiger partial charge is 0.338 e. The Labute approximate surface area is 142 Å². The fraction of sp³-hybridized carbons (Fsp3) is 0.706. The third-order valence-electron chi connectivity index (χ3n) is 5.88. The van der Waals surface area contributed by atoms with Crippen LogP contribution >= 0.6 is 23.7 Å². The molecule has 122 valence electrons. The third kappa shape index (κ3) is 2.81. The summed E-state index contributed by atoms with van der Waals surface area (Å²) in [5, 5.41) is 2.16. The van der Waals surface area contributed by atoms with Crippen LogP contribution in [-0.4, -0.2) is 23.4 Å². The second kappa shape index (κ2) is 6.50. The molecule has 2 fully saturated rings. The smallest absolute Gasteiger partial charge is 0.226 e. The van der Waals surface area contributed by atoms with E-state index in [1.807, 2.05) is 11.3 Å². The summed E-state index contributed by atoms with van der Waals surface area (Å²) in [5.41, 5.74) is 7.72. The van der Waals surface area contributed by atoms with Gasteiger partial charge in [-0.2, -0.15) is 0 Å². The van der Waals surface area contributed by atoms with Gasteiger partial charge >= 0.3 is 0 Å². The molecule has 2 saturated carbocycles. The minimum absolute atomic E-state index is 0. The van der Waals surface area contributed by atoms with Crippen molar-refractivity contribution in [2.45, 2.75) is 51.1 Å². The highest BCUT2D eigenvalue weighted by Crippen LogP contribution is 2.42. The maximum atomic E-state index is 12.9. The molecule has 2 bridgehead atoms. The number of nitrogens with zero attached hydrogens (tertiary/aromatic N) is 1. The monoisotopic (exact) mass is 340 g/mol. The Morgan fingerprint density at radius 2 is 2.00 bits per heavy atom. The fourth-order valence-electron chi connectivity index (χ4n) is 4.69. The summed E-state index contributed by atoms with van der Waals surface area (Å²) in [6, 6.07) is 2.54. The molecule has 2 atom stereocenters. The van der Waals surface area contributed by atoms with E-state index in [1.54, 1.807) is 0 Å². The Balaban J connectivity index is 0.00000144. The van der Waals surface area contributed by atoms with Crippen LogP contribution < -0.4 is 5.73 Å². The van der Waals surface area contributed by atoms with Crippen LogP contribution in [0.15, 0.2) is 11.4 Å². The van der Waals surface area contributed by atoms with Gasteiger partial charge in [-0.1, -0.05) is 6.42 Å². The highest BCUT2D eigenvalue weighted by Gasteiger charge is 2.41. The first-order chi connectivity index (χ1) is 10.2. The molecule has 22 heavy (non-hydrogen) atoms. The number of halogens is 1. The maximum Gasteiger partial charge on any atom is 0.226 e. The molecule has 5 heteroatoms. The van der Waals surface area contributed by atoms with Crippen molar-refractivity contribution in [3.63, 3.8) is 0 Å². The van der Waals surface area contributed by atoms with E-state index in [-0.39, 0.29) is 18.3 Å². The van der Waals surface area contributed by atoms with Gasteiger partial charge in [0.2, 0.25) is 5.91 Å².